The lowest BCUT2D eigenvalue weighted by Gasteiger charge is -2.24. The fourth-order valence-electron chi connectivity index (χ4n) is 1.84. The molecule has 0 saturated carbocycles. The summed E-state index contributed by atoms with van der Waals surface area (Å²) in [4.78, 5) is 1.33. The van der Waals surface area contributed by atoms with Crippen molar-refractivity contribution in [3.05, 3.63) is 46.6 Å². The summed E-state index contributed by atoms with van der Waals surface area (Å²) in [6, 6.07) is 0. The van der Waals surface area contributed by atoms with E-state index in [9.17, 15) is 0 Å². The Morgan fingerprint density at radius 1 is 1.50 bits per heavy atom. The highest BCUT2D eigenvalue weighted by atomic mass is 32.2. The summed E-state index contributed by atoms with van der Waals surface area (Å²) in [6.07, 6.45) is 11.5. The molecule has 1 unspecified atom stereocenters. The molecule has 0 N–H and O–H groups in total. The zero-order valence-electron chi connectivity index (χ0n) is 6.49. The Morgan fingerprint density at radius 3 is 3.50 bits per heavy atom. The molecule has 1 spiro atoms. The molecule has 2 heterocycles. The van der Waals surface area contributed by atoms with Gasteiger partial charge in [0.15, 0.2) is 0 Å². The number of ether oxygens (including phenoxy) is 1. The van der Waals surface area contributed by atoms with Crippen LogP contribution in [0.5, 0.6) is 0 Å². The summed E-state index contributed by atoms with van der Waals surface area (Å²) >= 11 is 1.77. The fourth-order valence-corrected chi connectivity index (χ4v) is 2.85. The Labute approximate surface area is 75.5 Å². The van der Waals surface area contributed by atoms with Gasteiger partial charge in [-0.2, -0.15) is 0 Å². The topological polar surface area (TPSA) is 9.23 Å². The van der Waals surface area contributed by atoms with Crippen LogP contribution in [0.2, 0.25) is 0 Å². The van der Waals surface area contributed by atoms with Gasteiger partial charge in [-0.15, -0.1) is 0 Å². The molecule has 2 aliphatic heterocycles. The molecule has 1 aliphatic carbocycles. The van der Waals surface area contributed by atoms with Crippen LogP contribution in [0.4, 0.5) is 0 Å². The van der Waals surface area contributed by atoms with Gasteiger partial charge in [-0.1, -0.05) is 30.0 Å². The van der Waals surface area contributed by atoms with Crippen LogP contribution in [-0.2, 0) is 4.74 Å². The van der Waals surface area contributed by atoms with Gasteiger partial charge in [0, 0.05) is 4.91 Å². The van der Waals surface area contributed by atoms with Gasteiger partial charge in [-0.3, -0.25) is 0 Å². The molecule has 3 aliphatic rings. The Bertz CT molecular complexity index is 349. The van der Waals surface area contributed by atoms with Gasteiger partial charge in [0.25, 0.3) is 0 Å². The monoisotopic (exact) mass is 176 g/mol. The Hall–Kier alpha value is -0.890. The first kappa shape index (κ1) is 6.61. The summed E-state index contributed by atoms with van der Waals surface area (Å²) in [7, 11) is 0. The molecule has 60 valence electrons. The van der Waals surface area contributed by atoms with Gasteiger partial charge >= 0.3 is 0 Å². The number of rotatable bonds is 0. The molecule has 0 radical (unpaired) electrons. The lowest BCUT2D eigenvalue weighted by Crippen LogP contribution is -2.17. The van der Waals surface area contributed by atoms with Crippen molar-refractivity contribution in [1.82, 2.24) is 0 Å². The van der Waals surface area contributed by atoms with Crippen molar-refractivity contribution in [2.45, 2.75) is 6.42 Å². The van der Waals surface area contributed by atoms with E-state index in [2.05, 4.69) is 29.7 Å². The normalized spacial score (nSPS) is 35.3. The Kier molecular flexibility index (Phi) is 1.14. The van der Waals surface area contributed by atoms with Crippen LogP contribution in [0.3, 0.4) is 0 Å². The first-order valence-corrected chi connectivity index (χ1v) is 4.89. The first-order chi connectivity index (χ1) is 5.92. The van der Waals surface area contributed by atoms with Crippen molar-refractivity contribution in [2.75, 3.05) is 0 Å². The van der Waals surface area contributed by atoms with Crippen molar-refractivity contribution in [3.63, 3.8) is 0 Å². The second-order valence-electron chi connectivity index (χ2n) is 3.16. The summed E-state index contributed by atoms with van der Waals surface area (Å²) in [5, 5.41) is 2.15. The molecule has 2 heteroatoms. The van der Waals surface area contributed by atoms with Crippen LogP contribution >= 0.6 is 11.8 Å². The molecule has 3 rings (SSSR count). The lowest BCUT2D eigenvalue weighted by atomic mass is 9.81. The molecule has 12 heavy (non-hydrogen) atoms. The molecule has 0 amide bonds. The predicted octanol–water partition coefficient (Wildman–Crippen LogP) is 2.95. The summed E-state index contributed by atoms with van der Waals surface area (Å²) < 4.78 is 5.49. The standard InChI is InChI=1S/C10H8OS/c1-2-4-10-5-6-12-9(10)7-11-8(10)3-1/h1-3,5-7H,4H2. The number of hydrogen-bond acceptors (Lipinski definition) is 2. The highest BCUT2D eigenvalue weighted by Gasteiger charge is 2.44. The lowest BCUT2D eigenvalue weighted by molar-refractivity contribution is 0.312. The fraction of sp³-hybridized carbons (Fsp3) is 0.200. The van der Waals surface area contributed by atoms with Gasteiger partial charge < -0.3 is 4.74 Å². The first-order valence-electron chi connectivity index (χ1n) is 4.01. The van der Waals surface area contributed by atoms with Gasteiger partial charge in [0.1, 0.15) is 12.0 Å². The summed E-state index contributed by atoms with van der Waals surface area (Å²) in [5.41, 5.74) is 0.0966. The number of thioether (sulfide) groups is 1. The maximum absolute atomic E-state index is 5.49. The maximum atomic E-state index is 5.49. The van der Waals surface area contributed by atoms with Crippen LogP contribution in [-0.4, -0.2) is 0 Å². The van der Waals surface area contributed by atoms with Crippen LogP contribution in [0.15, 0.2) is 46.6 Å². The second kappa shape index (κ2) is 2.07. The number of allylic oxidation sites excluding steroid dienone is 4. The molecular weight excluding hydrogens is 168 g/mol. The van der Waals surface area contributed by atoms with E-state index in [1.807, 2.05) is 6.26 Å². The van der Waals surface area contributed by atoms with Crippen LogP contribution < -0.4 is 0 Å². The van der Waals surface area contributed by atoms with Gasteiger partial charge in [0.2, 0.25) is 0 Å². The Balaban J connectivity index is 2.18. The van der Waals surface area contributed by atoms with E-state index in [0.29, 0.717) is 0 Å². The summed E-state index contributed by atoms with van der Waals surface area (Å²) in [6.45, 7) is 0. The third-order valence-corrected chi connectivity index (χ3v) is 3.53. The average Bonchev–Trinajstić information content (AvgIpc) is 2.59. The number of hydrogen-bond donors (Lipinski definition) is 0. The zero-order valence-corrected chi connectivity index (χ0v) is 7.30. The van der Waals surface area contributed by atoms with Crippen molar-refractivity contribution in [1.29, 1.82) is 0 Å². The SMILES string of the molecule is C1=CCC23C=CSC2=COC3=C1. The van der Waals surface area contributed by atoms with Gasteiger partial charge in [0.05, 0.1) is 5.41 Å². The largest absolute Gasteiger partial charge is 0.467 e. The molecule has 1 nitrogen and oxygen atoms in total. The molecule has 0 aromatic heterocycles. The van der Waals surface area contributed by atoms with E-state index >= 15 is 0 Å². The van der Waals surface area contributed by atoms with Crippen molar-refractivity contribution in [3.8, 4) is 0 Å². The van der Waals surface area contributed by atoms with E-state index < -0.39 is 0 Å². The van der Waals surface area contributed by atoms with E-state index in [0.717, 1.165) is 12.2 Å². The van der Waals surface area contributed by atoms with E-state index in [1.165, 1.54) is 4.91 Å². The van der Waals surface area contributed by atoms with Gasteiger partial charge in [-0.25, -0.2) is 0 Å². The average molecular weight is 176 g/mol. The minimum absolute atomic E-state index is 0.0966. The van der Waals surface area contributed by atoms with Crippen LogP contribution in [0, 0.1) is 5.41 Å². The molecule has 0 bridgehead atoms. The van der Waals surface area contributed by atoms with Crippen molar-refractivity contribution in [2.24, 2.45) is 5.41 Å². The third kappa shape index (κ3) is 0.619. The minimum atomic E-state index is 0.0966. The zero-order chi connectivity index (χ0) is 8.02. The molecule has 0 fully saturated rings. The third-order valence-electron chi connectivity index (χ3n) is 2.54. The quantitative estimate of drug-likeness (QED) is 0.561. The highest BCUT2D eigenvalue weighted by Crippen LogP contribution is 2.56. The highest BCUT2D eigenvalue weighted by molar-refractivity contribution is 8.06. The minimum Gasteiger partial charge on any atom is -0.467 e. The predicted molar refractivity (Wildman–Crippen MR) is 50.2 cm³/mol. The molecule has 1 atom stereocenters. The van der Waals surface area contributed by atoms with Crippen LogP contribution in [0.25, 0.3) is 0 Å². The molecule has 0 aromatic rings. The van der Waals surface area contributed by atoms with Crippen LogP contribution in [0.1, 0.15) is 6.42 Å². The smallest absolute Gasteiger partial charge is 0.119 e. The Morgan fingerprint density at radius 2 is 2.50 bits per heavy atom. The maximum Gasteiger partial charge on any atom is 0.119 e. The van der Waals surface area contributed by atoms with E-state index in [4.69, 9.17) is 4.74 Å². The van der Waals surface area contributed by atoms with Gasteiger partial charge in [-0.05, 0) is 17.9 Å². The van der Waals surface area contributed by atoms with E-state index in [-0.39, 0.29) is 5.41 Å². The van der Waals surface area contributed by atoms with Crippen molar-refractivity contribution >= 4 is 11.8 Å². The van der Waals surface area contributed by atoms with E-state index in [1.54, 1.807) is 11.8 Å². The second-order valence-corrected chi connectivity index (χ2v) is 4.10. The summed E-state index contributed by atoms with van der Waals surface area (Å²) in [5.74, 6) is 1.08. The van der Waals surface area contributed by atoms with Crippen molar-refractivity contribution < 1.29 is 4.74 Å². The molecule has 0 saturated heterocycles. The molecule has 0 aromatic carbocycles. The molecular formula is C10H8OS.